The van der Waals surface area contributed by atoms with Crippen LogP contribution in [0, 0.1) is 13.8 Å². The van der Waals surface area contributed by atoms with Crippen molar-refractivity contribution >= 4 is 6.08 Å². The van der Waals surface area contributed by atoms with Crippen LogP contribution in [-0.4, -0.2) is 0 Å². The zero-order chi connectivity index (χ0) is 10.4. The fourth-order valence-electron chi connectivity index (χ4n) is 1.54. The third kappa shape index (κ3) is 3.37. The van der Waals surface area contributed by atoms with E-state index in [4.69, 9.17) is 0 Å². The van der Waals surface area contributed by atoms with Gasteiger partial charge in [-0.25, -0.2) is 0 Å². The molecule has 0 unspecified atom stereocenters. The standard InChI is InChI=1S/C14H20/c1-4-5-6-7-8-14-10-9-12(2)11-13(14)3/h7-11H,4-6H2,1-3H3. The molecule has 0 fully saturated rings. The molecule has 0 saturated heterocycles. The largest absolute Gasteiger partial charge is 0.0839 e. The number of benzene rings is 1. The second-order valence-electron chi connectivity index (χ2n) is 3.90. The molecule has 0 aliphatic rings. The molecule has 1 aromatic rings. The van der Waals surface area contributed by atoms with Gasteiger partial charge in [0.1, 0.15) is 0 Å². The van der Waals surface area contributed by atoms with Gasteiger partial charge in [-0.15, -0.1) is 0 Å². The van der Waals surface area contributed by atoms with Gasteiger partial charge in [-0.2, -0.15) is 0 Å². The topological polar surface area (TPSA) is 0 Å². The Morgan fingerprint density at radius 3 is 2.64 bits per heavy atom. The Hall–Kier alpha value is -1.04. The summed E-state index contributed by atoms with van der Waals surface area (Å²) in [7, 11) is 0. The van der Waals surface area contributed by atoms with Gasteiger partial charge in [0.25, 0.3) is 0 Å². The molecule has 1 rings (SSSR count). The molecule has 0 heterocycles. The van der Waals surface area contributed by atoms with Gasteiger partial charge >= 0.3 is 0 Å². The van der Waals surface area contributed by atoms with Crippen molar-refractivity contribution in [2.75, 3.05) is 0 Å². The van der Waals surface area contributed by atoms with Crippen LogP contribution in [0.15, 0.2) is 24.3 Å². The molecule has 0 aromatic heterocycles. The minimum Gasteiger partial charge on any atom is -0.0839 e. The van der Waals surface area contributed by atoms with Crippen molar-refractivity contribution in [2.24, 2.45) is 0 Å². The van der Waals surface area contributed by atoms with Gasteiger partial charge in [-0.3, -0.25) is 0 Å². The van der Waals surface area contributed by atoms with E-state index >= 15 is 0 Å². The summed E-state index contributed by atoms with van der Waals surface area (Å²) in [4.78, 5) is 0. The number of allylic oxidation sites excluding steroid dienone is 1. The van der Waals surface area contributed by atoms with Gasteiger partial charge in [-0.05, 0) is 31.4 Å². The molecule has 0 atom stereocenters. The normalized spacial score (nSPS) is 11.1. The minimum absolute atomic E-state index is 1.20. The lowest BCUT2D eigenvalue weighted by Gasteiger charge is -2.01. The van der Waals surface area contributed by atoms with Crippen molar-refractivity contribution in [3.05, 3.63) is 41.0 Å². The third-order valence-corrected chi connectivity index (χ3v) is 2.45. The quantitative estimate of drug-likeness (QED) is 0.610. The first kappa shape index (κ1) is 11.0. The van der Waals surface area contributed by atoms with Crippen molar-refractivity contribution in [2.45, 2.75) is 40.0 Å². The third-order valence-electron chi connectivity index (χ3n) is 2.45. The molecule has 76 valence electrons. The highest BCUT2D eigenvalue weighted by Gasteiger charge is 1.93. The van der Waals surface area contributed by atoms with E-state index in [0.717, 1.165) is 0 Å². The summed E-state index contributed by atoms with van der Waals surface area (Å²) in [6.07, 6.45) is 8.29. The van der Waals surface area contributed by atoms with Crippen LogP contribution in [0.3, 0.4) is 0 Å². The van der Waals surface area contributed by atoms with Gasteiger partial charge in [0.2, 0.25) is 0 Å². The highest BCUT2D eigenvalue weighted by molar-refractivity contribution is 5.54. The number of unbranched alkanes of at least 4 members (excludes halogenated alkanes) is 2. The smallest absolute Gasteiger partial charge is 0.0230 e. The lowest BCUT2D eigenvalue weighted by atomic mass is 10.0. The molecule has 1 aromatic carbocycles. The molecule has 0 amide bonds. The van der Waals surface area contributed by atoms with Crippen molar-refractivity contribution in [3.63, 3.8) is 0 Å². The van der Waals surface area contributed by atoms with Crippen LogP contribution < -0.4 is 0 Å². The predicted octanol–water partition coefficient (Wildman–Crippen LogP) is 4.51. The molecule has 0 aliphatic heterocycles. The molecule has 14 heavy (non-hydrogen) atoms. The maximum atomic E-state index is 2.28. The lowest BCUT2D eigenvalue weighted by Crippen LogP contribution is -1.81. The summed E-state index contributed by atoms with van der Waals surface area (Å²) >= 11 is 0. The Morgan fingerprint density at radius 1 is 1.21 bits per heavy atom. The van der Waals surface area contributed by atoms with Crippen LogP contribution in [0.1, 0.15) is 42.9 Å². The molecular weight excluding hydrogens is 168 g/mol. The lowest BCUT2D eigenvalue weighted by molar-refractivity contribution is 0.816. The number of hydrogen-bond donors (Lipinski definition) is 0. The molecule has 0 radical (unpaired) electrons. The highest BCUT2D eigenvalue weighted by atomic mass is 14.0. The van der Waals surface area contributed by atoms with E-state index in [1.165, 1.54) is 36.0 Å². The molecule has 0 aliphatic carbocycles. The highest BCUT2D eigenvalue weighted by Crippen LogP contribution is 2.12. The Labute approximate surface area is 87.7 Å². The first-order valence-corrected chi connectivity index (χ1v) is 5.48. The fourth-order valence-corrected chi connectivity index (χ4v) is 1.54. The Kier molecular flexibility index (Phi) is 4.45. The summed E-state index contributed by atoms with van der Waals surface area (Å²) in [5.74, 6) is 0. The van der Waals surface area contributed by atoms with Gasteiger partial charge in [0.05, 0.1) is 0 Å². The molecule has 0 bridgehead atoms. The monoisotopic (exact) mass is 188 g/mol. The molecule has 0 heteroatoms. The van der Waals surface area contributed by atoms with E-state index < -0.39 is 0 Å². The first-order valence-electron chi connectivity index (χ1n) is 5.48. The van der Waals surface area contributed by atoms with E-state index in [-0.39, 0.29) is 0 Å². The van der Waals surface area contributed by atoms with Crippen molar-refractivity contribution < 1.29 is 0 Å². The molecule has 0 saturated carbocycles. The number of hydrogen-bond acceptors (Lipinski definition) is 0. The minimum atomic E-state index is 1.20. The first-order chi connectivity index (χ1) is 6.74. The van der Waals surface area contributed by atoms with Gasteiger partial charge < -0.3 is 0 Å². The second-order valence-corrected chi connectivity index (χ2v) is 3.90. The summed E-state index contributed by atoms with van der Waals surface area (Å²) in [6, 6.07) is 6.61. The zero-order valence-corrected chi connectivity index (χ0v) is 9.51. The van der Waals surface area contributed by atoms with E-state index in [2.05, 4.69) is 51.1 Å². The SMILES string of the molecule is CCCCC=Cc1ccc(C)cc1C. The van der Waals surface area contributed by atoms with Crippen LogP contribution in [0.5, 0.6) is 0 Å². The Bertz CT molecular complexity index is 308. The van der Waals surface area contributed by atoms with Crippen molar-refractivity contribution in [1.29, 1.82) is 0 Å². The summed E-state index contributed by atoms with van der Waals surface area (Å²) in [5.41, 5.74) is 4.07. The summed E-state index contributed by atoms with van der Waals surface area (Å²) < 4.78 is 0. The number of aryl methyl sites for hydroxylation is 2. The summed E-state index contributed by atoms with van der Waals surface area (Å²) in [6.45, 7) is 6.54. The van der Waals surface area contributed by atoms with Crippen LogP contribution in [0.25, 0.3) is 6.08 Å². The molecule has 0 nitrogen and oxygen atoms in total. The fraction of sp³-hybridized carbons (Fsp3) is 0.429. The average Bonchev–Trinajstić information content (AvgIpc) is 2.15. The van der Waals surface area contributed by atoms with E-state index in [1.54, 1.807) is 0 Å². The van der Waals surface area contributed by atoms with Crippen molar-refractivity contribution in [3.8, 4) is 0 Å². The van der Waals surface area contributed by atoms with Crippen LogP contribution in [0.2, 0.25) is 0 Å². The Balaban J connectivity index is 2.62. The second kappa shape index (κ2) is 5.64. The van der Waals surface area contributed by atoms with Crippen LogP contribution in [-0.2, 0) is 0 Å². The van der Waals surface area contributed by atoms with E-state index in [1.807, 2.05) is 0 Å². The summed E-state index contributed by atoms with van der Waals surface area (Å²) in [5, 5.41) is 0. The predicted molar refractivity (Wildman–Crippen MR) is 64.5 cm³/mol. The van der Waals surface area contributed by atoms with Crippen LogP contribution >= 0.6 is 0 Å². The molecule has 0 spiro atoms. The zero-order valence-electron chi connectivity index (χ0n) is 9.51. The van der Waals surface area contributed by atoms with Gasteiger partial charge in [0.15, 0.2) is 0 Å². The Morgan fingerprint density at radius 2 is 2.00 bits per heavy atom. The van der Waals surface area contributed by atoms with E-state index in [0.29, 0.717) is 0 Å². The van der Waals surface area contributed by atoms with Crippen LogP contribution in [0.4, 0.5) is 0 Å². The van der Waals surface area contributed by atoms with E-state index in [9.17, 15) is 0 Å². The molecule has 0 N–H and O–H groups in total. The van der Waals surface area contributed by atoms with Crippen molar-refractivity contribution in [1.82, 2.24) is 0 Å². The number of rotatable bonds is 4. The molecular formula is C14H20. The maximum absolute atomic E-state index is 2.28. The van der Waals surface area contributed by atoms with Gasteiger partial charge in [-0.1, -0.05) is 55.7 Å². The maximum Gasteiger partial charge on any atom is -0.0230 e. The average molecular weight is 188 g/mol. The van der Waals surface area contributed by atoms with Gasteiger partial charge in [0, 0.05) is 0 Å².